The highest BCUT2D eigenvalue weighted by Crippen LogP contribution is 2.33. The third kappa shape index (κ3) is 3.74. The van der Waals surface area contributed by atoms with Crippen LogP contribution in [-0.4, -0.2) is 19.3 Å². The van der Waals surface area contributed by atoms with Gasteiger partial charge in [0.25, 0.3) is 0 Å². The van der Waals surface area contributed by atoms with Crippen LogP contribution >= 0.6 is 0 Å². The Labute approximate surface area is 127 Å². The highest BCUT2D eigenvalue weighted by Gasteiger charge is 2.18. The molecule has 1 atom stereocenters. The SMILES string of the molecule is COC(C)(C)CCOc1c([C@H](C)N)ccc2ccccc12. The topological polar surface area (TPSA) is 44.5 Å². The van der Waals surface area contributed by atoms with Crippen molar-refractivity contribution >= 4 is 10.8 Å². The summed E-state index contributed by atoms with van der Waals surface area (Å²) >= 11 is 0. The summed E-state index contributed by atoms with van der Waals surface area (Å²) < 4.78 is 11.5. The van der Waals surface area contributed by atoms with Crippen molar-refractivity contribution in [2.75, 3.05) is 13.7 Å². The Morgan fingerprint density at radius 2 is 1.86 bits per heavy atom. The Balaban J connectivity index is 2.29. The van der Waals surface area contributed by atoms with Gasteiger partial charge in [-0.05, 0) is 26.2 Å². The molecule has 0 saturated carbocycles. The lowest BCUT2D eigenvalue weighted by atomic mass is 10.0. The summed E-state index contributed by atoms with van der Waals surface area (Å²) in [7, 11) is 1.73. The van der Waals surface area contributed by atoms with E-state index in [0.29, 0.717) is 6.61 Å². The molecule has 0 radical (unpaired) electrons. The summed E-state index contributed by atoms with van der Waals surface area (Å²) in [6, 6.07) is 12.3. The molecule has 0 fully saturated rings. The Hall–Kier alpha value is -1.58. The van der Waals surface area contributed by atoms with Crippen molar-refractivity contribution in [1.29, 1.82) is 0 Å². The minimum Gasteiger partial charge on any atom is -0.492 e. The van der Waals surface area contributed by atoms with Crippen molar-refractivity contribution in [1.82, 2.24) is 0 Å². The van der Waals surface area contributed by atoms with E-state index < -0.39 is 0 Å². The molecule has 2 aromatic rings. The number of hydrogen-bond donors (Lipinski definition) is 1. The van der Waals surface area contributed by atoms with Crippen molar-refractivity contribution < 1.29 is 9.47 Å². The van der Waals surface area contributed by atoms with Crippen LogP contribution in [0, 0.1) is 0 Å². The van der Waals surface area contributed by atoms with Crippen LogP contribution in [0.4, 0.5) is 0 Å². The van der Waals surface area contributed by atoms with Gasteiger partial charge in [0.05, 0.1) is 12.2 Å². The van der Waals surface area contributed by atoms with E-state index in [4.69, 9.17) is 15.2 Å². The average Bonchev–Trinajstić information content (AvgIpc) is 2.47. The van der Waals surface area contributed by atoms with Gasteiger partial charge in [0.2, 0.25) is 0 Å². The molecule has 0 spiro atoms. The number of nitrogens with two attached hydrogens (primary N) is 1. The predicted octanol–water partition coefficient (Wildman–Crippen LogP) is 4.05. The van der Waals surface area contributed by atoms with Crippen molar-refractivity contribution in [2.24, 2.45) is 5.73 Å². The van der Waals surface area contributed by atoms with Gasteiger partial charge in [0, 0.05) is 30.5 Å². The molecule has 0 aliphatic rings. The summed E-state index contributed by atoms with van der Waals surface area (Å²) in [6.07, 6.45) is 0.825. The number of ether oxygens (including phenoxy) is 2. The molecule has 0 aliphatic heterocycles. The van der Waals surface area contributed by atoms with E-state index in [1.54, 1.807) is 7.11 Å². The lowest BCUT2D eigenvalue weighted by Crippen LogP contribution is -2.25. The molecule has 0 unspecified atom stereocenters. The predicted molar refractivity (Wildman–Crippen MR) is 87.8 cm³/mol. The Morgan fingerprint density at radius 1 is 1.14 bits per heavy atom. The van der Waals surface area contributed by atoms with Gasteiger partial charge in [0.15, 0.2) is 0 Å². The largest absolute Gasteiger partial charge is 0.492 e. The molecule has 21 heavy (non-hydrogen) atoms. The van der Waals surface area contributed by atoms with Gasteiger partial charge < -0.3 is 15.2 Å². The van der Waals surface area contributed by atoms with Gasteiger partial charge in [-0.3, -0.25) is 0 Å². The van der Waals surface area contributed by atoms with Crippen LogP contribution in [0.2, 0.25) is 0 Å². The van der Waals surface area contributed by atoms with Crippen LogP contribution in [-0.2, 0) is 4.74 Å². The lowest BCUT2D eigenvalue weighted by molar-refractivity contribution is 0.00549. The van der Waals surface area contributed by atoms with Crippen LogP contribution in [0.3, 0.4) is 0 Å². The second-order valence-corrected chi connectivity index (χ2v) is 6.06. The van der Waals surface area contributed by atoms with E-state index in [-0.39, 0.29) is 11.6 Å². The van der Waals surface area contributed by atoms with E-state index in [2.05, 4.69) is 38.1 Å². The molecule has 0 amide bonds. The monoisotopic (exact) mass is 287 g/mol. The molecule has 3 heteroatoms. The number of hydrogen-bond acceptors (Lipinski definition) is 3. The minimum absolute atomic E-state index is 0.0555. The zero-order valence-corrected chi connectivity index (χ0v) is 13.3. The summed E-state index contributed by atoms with van der Waals surface area (Å²) in [5.41, 5.74) is 6.95. The number of methoxy groups -OCH3 is 1. The first-order valence-corrected chi connectivity index (χ1v) is 7.40. The first kappa shape index (κ1) is 15.8. The minimum atomic E-state index is -0.181. The van der Waals surface area contributed by atoms with Gasteiger partial charge in [-0.15, -0.1) is 0 Å². The van der Waals surface area contributed by atoms with Crippen molar-refractivity contribution in [3.8, 4) is 5.75 Å². The van der Waals surface area contributed by atoms with E-state index >= 15 is 0 Å². The van der Waals surface area contributed by atoms with Crippen LogP contribution in [0.15, 0.2) is 36.4 Å². The first-order valence-electron chi connectivity index (χ1n) is 7.40. The highest BCUT2D eigenvalue weighted by atomic mass is 16.5. The molecule has 0 aromatic heterocycles. The standard InChI is InChI=1S/C18H25NO2/c1-13(19)15-10-9-14-7-5-6-8-16(14)17(15)21-12-11-18(2,3)20-4/h5-10,13H,11-12,19H2,1-4H3/t13-/m0/s1. The summed E-state index contributed by atoms with van der Waals surface area (Å²) in [5.74, 6) is 0.898. The van der Waals surface area contributed by atoms with Gasteiger partial charge in [-0.1, -0.05) is 36.4 Å². The molecule has 0 aliphatic carbocycles. The molecule has 114 valence electrons. The number of fused-ring (bicyclic) bond motifs is 1. The zero-order chi connectivity index (χ0) is 15.5. The normalized spacial score (nSPS) is 13.4. The second-order valence-electron chi connectivity index (χ2n) is 6.06. The molecule has 2 rings (SSSR count). The zero-order valence-electron chi connectivity index (χ0n) is 13.3. The molecular formula is C18H25NO2. The fourth-order valence-corrected chi connectivity index (χ4v) is 2.28. The summed E-state index contributed by atoms with van der Waals surface area (Å²) in [4.78, 5) is 0. The summed E-state index contributed by atoms with van der Waals surface area (Å²) in [5, 5.41) is 2.28. The summed E-state index contributed by atoms with van der Waals surface area (Å²) in [6.45, 7) is 6.71. The third-order valence-electron chi connectivity index (χ3n) is 3.90. The number of benzene rings is 2. The van der Waals surface area contributed by atoms with Crippen molar-refractivity contribution in [3.63, 3.8) is 0 Å². The Morgan fingerprint density at radius 3 is 2.52 bits per heavy atom. The Bertz CT molecular complexity index is 605. The van der Waals surface area contributed by atoms with Crippen LogP contribution in [0.5, 0.6) is 5.75 Å². The van der Waals surface area contributed by atoms with Crippen molar-refractivity contribution in [3.05, 3.63) is 42.0 Å². The van der Waals surface area contributed by atoms with Crippen molar-refractivity contribution in [2.45, 2.75) is 38.8 Å². The second kappa shape index (κ2) is 6.46. The smallest absolute Gasteiger partial charge is 0.131 e. The Kier molecular flexibility index (Phi) is 4.86. The van der Waals surface area contributed by atoms with Crippen LogP contribution in [0.1, 0.15) is 38.8 Å². The fraction of sp³-hybridized carbons (Fsp3) is 0.444. The molecule has 0 bridgehead atoms. The fourth-order valence-electron chi connectivity index (χ4n) is 2.28. The van der Waals surface area contributed by atoms with E-state index in [1.807, 2.05) is 19.1 Å². The molecular weight excluding hydrogens is 262 g/mol. The molecule has 2 N–H and O–H groups in total. The molecule has 0 saturated heterocycles. The molecule has 0 heterocycles. The molecule has 2 aromatic carbocycles. The van der Waals surface area contributed by atoms with Crippen LogP contribution in [0.25, 0.3) is 10.8 Å². The van der Waals surface area contributed by atoms with E-state index in [9.17, 15) is 0 Å². The van der Waals surface area contributed by atoms with Gasteiger partial charge in [0.1, 0.15) is 5.75 Å². The lowest BCUT2D eigenvalue weighted by Gasteiger charge is -2.24. The molecule has 3 nitrogen and oxygen atoms in total. The van der Waals surface area contributed by atoms with Gasteiger partial charge in [-0.2, -0.15) is 0 Å². The number of rotatable bonds is 6. The maximum atomic E-state index is 6.09. The highest BCUT2D eigenvalue weighted by molar-refractivity contribution is 5.89. The van der Waals surface area contributed by atoms with Crippen LogP contribution < -0.4 is 10.5 Å². The van der Waals surface area contributed by atoms with E-state index in [0.717, 1.165) is 23.1 Å². The third-order valence-corrected chi connectivity index (χ3v) is 3.90. The van der Waals surface area contributed by atoms with Gasteiger partial charge in [-0.25, -0.2) is 0 Å². The first-order chi connectivity index (χ1) is 9.94. The maximum absolute atomic E-state index is 6.09. The van der Waals surface area contributed by atoms with Gasteiger partial charge >= 0.3 is 0 Å². The quantitative estimate of drug-likeness (QED) is 0.871. The van der Waals surface area contributed by atoms with E-state index in [1.165, 1.54) is 5.39 Å². The maximum Gasteiger partial charge on any atom is 0.131 e. The average molecular weight is 287 g/mol.